The molecule has 0 saturated carbocycles. The molecule has 9 heavy (non-hydrogen) atoms. The fourth-order valence-electron chi connectivity index (χ4n) is 0.459. The van der Waals surface area contributed by atoms with Gasteiger partial charge in [-0.25, -0.2) is 4.79 Å². The molecule has 0 spiro atoms. The average Bonchev–Trinajstić information content (AvgIpc) is 1.63. The van der Waals surface area contributed by atoms with Crippen LogP contribution < -0.4 is 0 Å². The Balaban J connectivity index is 3.69. The summed E-state index contributed by atoms with van der Waals surface area (Å²) in [5.41, 5.74) is 0.685. The molecule has 0 aliphatic heterocycles. The van der Waals surface area contributed by atoms with E-state index < -0.39 is 5.97 Å². The third-order valence-electron chi connectivity index (χ3n) is 0.876. The van der Waals surface area contributed by atoms with Crippen molar-refractivity contribution in [2.24, 2.45) is 0 Å². The summed E-state index contributed by atoms with van der Waals surface area (Å²) in [6.45, 7) is 1.68. The highest BCUT2D eigenvalue weighted by molar-refractivity contribution is 5.80. The molecule has 52 valence electrons. The van der Waals surface area contributed by atoms with Gasteiger partial charge in [-0.3, -0.25) is 0 Å². The van der Waals surface area contributed by atoms with Crippen molar-refractivity contribution in [2.45, 2.75) is 13.3 Å². The van der Waals surface area contributed by atoms with Gasteiger partial charge in [0.25, 0.3) is 0 Å². The highest BCUT2D eigenvalue weighted by atomic mass is 16.4. The van der Waals surface area contributed by atoms with Crippen LogP contribution in [0, 0.1) is 0 Å². The molecular weight excluding hydrogens is 120 g/mol. The van der Waals surface area contributed by atoms with Crippen LogP contribution in [0.25, 0.3) is 0 Å². The van der Waals surface area contributed by atoms with Crippen LogP contribution in [-0.2, 0) is 4.79 Å². The molecule has 0 aromatic rings. The fourth-order valence-corrected chi connectivity index (χ4v) is 0.459. The second kappa shape index (κ2) is 4.09. The summed E-state index contributed by atoms with van der Waals surface area (Å²) in [4.78, 5) is 9.93. The third kappa shape index (κ3) is 5.03. The molecule has 0 aliphatic rings. The van der Waals surface area contributed by atoms with Crippen molar-refractivity contribution in [3.05, 3.63) is 11.6 Å². The normalized spacial score (nSPS) is 11.6. The van der Waals surface area contributed by atoms with Gasteiger partial charge in [-0.15, -0.1) is 0 Å². The minimum atomic E-state index is -0.957. The van der Waals surface area contributed by atoms with E-state index >= 15 is 0 Å². The Morgan fingerprint density at radius 2 is 2.22 bits per heavy atom. The van der Waals surface area contributed by atoms with Crippen LogP contribution in [0.1, 0.15) is 13.3 Å². The van der Waals surface area contributed by atoms with E-state index in [2.05, 4.69) is 0 Å². The number of rotatable bonds is 3. The van der Waals surface area contributed by atoms with Crippen LogP contribution in [0.2, 0.25) is 0 Å². The molecule has 0 aliphatic carbocycles. The van der Waals surface area contributed by atoms with Gasteiger partial charge >= 0.3 is 5.97 Å². The minimum Gasteiger partial charge on any atom is -0.478 e. The Morgan fingerprint density at radius 3 is 2.56 bits per heavy atom. The molecular formula is C6H10O3. The zero-order valence-electron chi connectivity index (χ0n) is 5.29. The summed E-state index contributed by atoms with van der Waals surface area (Å²) < 4.78 is 0. The second-order valence-electron chi connectivity index (χ2n) is 1.80. The molecule has 0 unspecified atom stereocenters. The minimum absolute atomic E-state index is 0.00954. The Kier molecular flexibility index (Phi) is 3.71. The maximum Gasteiger partial charge on any atom is 0.328 e. The Labute approximate surface area is 53.6 Å². The molecule has 3 nitrogen and oxygen atoms in total. The van der Waals surface area contributed by atoms with Gasteiger partial charge in [0.2, 0.25) is 0 Å². The zero-order chi connectivity index (χ0) is 7.28. The molecule has 0 bridgehead atoms. The molecule has 0 radical (unpaired) electrons. The Hall–Kier alpha value is -0.830. The van der Waals surface area contributed by atoms with E-state index in [9.17, 15) is 4.79 Å². The Bertz CT molecular complexity index is 126. The molecule has 0 fully saturated rings. The smallest absolute Gasteiger partial charge is 0.328 e. The first kappa shape index (κ1) is 8.17. The average molecular weight is 130 g/mol. The lowest BCUT2D eigenvalue weighted by Crippen LogP contribution is -1.91. The van der Waals surface area contributed by atoms with E-state index in [1.165, 1.54) is 0 Å². The molecule has 0 atom stereocenters. The number of hydrogen-bond acceptors (Lipinski definition) is 2. The van der Waals surface area contributed by atoms with Crippen LogP contribution in [0.5, 0.6) is 0 Å². The third-order valence-corrected chi connectivity index (χ3v) is 0.876. The van der Waals surface area contributed by atoms with E-state index in [0.29, 0.717) is 12.0 Å². The zero-order valence-corrected chi connectivity index (χ0v) is 5.29. The van der Waals surface area contributed by atoms with Crippen molar-refractivity contribution in [2.75, 3.05) is 6.61 Å². The highest BCUT2D eigenvalue weighted by Crippen LogP contribution is 1.96. The first-order valence-corrected chi connectivity index (χ1v) is 2.67. The van der Waals surface area contributed by atoms with E-state index in [1.807, 2.05) is 0 Å². The molecule has 2 N–H and O–H groups in total. The summed E-state index contributed by atoms with van der Waals surface area (Å²) in [6, 6.07) is 0. The summed E-state index contributed by atoms with van der Waals surface area (Å²) in [7, 11) is 0. The number of aliphatic hydroxyl groups excluding tert-OH is 1. The SMILES string of the molecule is C/C(=C\C(=O)O)CCO. The standard InChI is InChI=1S/C6H10O3/c1-5(2-3-7)4-6(8)9/h4,7H,2-3H2,1H3,(H,8,9)/b5-4+. The van der Waals surface area contributed by atoms with E-state index in [-0.39, 0.29) is 6.61 Å². The van der Waals surface area contributed by atoms with E-state index in [0.717, 1.165) is 6.08 Å². The molecule has 0 heterocycles. The van der Waals surface area contributed by atoms with Crippen molar-refractivity contribution < 1.29 is 15.0 Å². The molecule has 0 aromatic carbocycles. The van der Waals surface area contributed by atoms with Crippen LogP contribution in [-0.4, -0.2) is 22.8 Å². The Morgan fingerprint density at radius 1 is 1.67 bits per heavy atom. The number of aliphatic carboxylic acids is 1. The largest absolute Gasteiger partial charge is 0.478 e. The lowest BCUT2D eigenvalue weighted by molar-refractivity contribution is -0.131. The second-order valence-corrected chi connectivity index (χ2v) is 1.80. The van der Waals surface area contributed by atoms with Gasteiger partial charge in [0.1, 0.15) is 0 Å². The molecule has 0 aromatic heterocycles. The summed E-state index contributed by atoms with van der Waals surface area (Å²) >= 11 is 0. The predicted molar refractivity (Wildman–Crippen MR) is 33.1 cm³/mol. The van der Waals surface area contributed by atoms with Gasteiger partial charge in [-0.2, -0.15) is 0 Å². The van der Waals surface area contributed by atoms with Gasteiger partial charge in [-0.1, -0.05) is 5.57 Å². The lowest BCUT2D eigenvalue weighted by Gasteiger charge is -1.91. The van der Waals surface area contributed by atoms with Gasteiger partial charge in [0.15, 0.2) is 0 Å². The number of carboxylic acid groups (broad SMARTS) is 1. The number of carbonyl (C=O) groups is 1. The quantitative estimate of drug-likeness (QED) is 0.543. The molecule has 0 amide bonds. The van der Waals surface area contributed by atoms with E-state index in [1.54, 1.807) is 6.92 Å². The van der Waals surface area contributed by atoms with Crippen LogP contribution in [0.15, 0.2) is 11.6 Å². The summed E-state index contributed by atoms with van der Waals surface area (Å²) in [6.07, 6.45) is 1.53. The maximum atomic E-state index is 9.93. The summed E-state index contributed by atoms with van der Waals surface area (Å²) in [5.74, 6) is -0.957. The van der Waals surface area contributed by atoms with Gasteiger partial charge in [0.05, 0.1) is 0 Å². The first-order valence-electron chi connectivity index (χ1n) is 2.67. The maximum absolute atomic E-state index is 9.93. The molecule has 0 rings (SSSR count). The topological polar surface area (TPSA) is 57.5 Å². The van der Waals surface area contributed by atoms with E-state index in [4.69, 9.17) is 10.2 Å². The van der Waals surface area contributed by atoms with Crippen molar-refractivity contribution in [3.63, 3.8) is 0 Å². The predicted octanol–water partition coefficient (Wildman–Crippen LogP) is 0.400. The van der Waals surface area contributed by atoms with Crippen LogP contribution >= 0.6 is 0 Å². The van der Waals surface area contributed by atoms with Crippen molar-refractivity contribution in [3.8, 4) is 0 Å². The van der Waals surface area contributed by atoms with Gasteiger partial charge in [0, 0.05) is 12.7 Å². The van der Waals surface area contributed by atoms with Gasteiger partial charge in [-0.05, 0) is 13.3 Å². The fraction of sp³-hybridized carbons (Fsp3) is 0.500. The number of carboxylic acids is 1. The van der Waals surface area contributed by atoms with Crippen LogP contribution in [0.4, 0.5) is 0 Å². The molecule has 0 saturated heterocycles. The van der Waals surface area contributed by atoms with Gasteiger partial charge < -0.3 is 10.2 Å². The first-order chi connectivity index (χ1) is 4.16. The van der Waals surface area contributed by atoms with Crippen molar-refractivity contribution in [1.29, 1.82) is 0 Å². The summed E-state index contributed by atoms with van der Waals surface area (Å²) in [5, 5.41) is 16.5. The monoisotopic (exact) mass is 130 g/mol. The van der Waals surface area contributed by atoms with Crippen LogP contribution in [0.3, 0.4) is 0 Å². The molecule has 3 heteroatoms. The number of aliphatic hydroxyl groups is 1. The van der Waals surface area contributed by atoms with Crippen molar-refractivity contribution in [1.82, 2.24) is 0 Å². The number of hydrogen-bond donors (Lipinski definition) is 2. The highest BCUT2D eigenvalue weighted by Gasteiger charge is 1.91. The lowest BCUT2D eigenvalue weighted by atomic mass is 10.2. The van der Waals surface area contributed by atoms with Crippen molar-refractivity contribution >= 4 is 5.97 Å².